The molecule has 0 aromatic rings. The van der Waals surface area contributed by atoms with Gasteiger partial charge in [-0.1, -0.05) is 83.1 Å². The largest absolute Gasteiger partial charge is 0.242 e. The molecule has 2 unspecified atom stereocenters. The standard InChI is InChI=1S/C20H40O2/c1-14(16(2,3)4)13-19(11,12)15(17(5,6)7)20(21-22-20)18(8,9)10/h14-15H,13H2,1-12H3. The molecule has 2 heteroatoms. The molecule has 0 N–H and O–H groups in total. The molecule has 1 saturated heterocycles. The van der Waals surface area contributed by atoms with Gasteiger partial charge in [0.2, 0.25) is 5.79 Å². The molecule has 1 fully saturated rings. The molecule has 0 aromatic carbocycles. The Balaban J connectivity index is 3.19. The quantitative estimate of drug-likeness (QED) is 0.440. The highest BCUT2D eigenvalue weighted by molar-refractivity contribution is 5.04. The first-order valence-electron chi connectivity index (χ1n) is 8.82. The van der Waals surface area contributed by atoms with Crippen molar-refractivity contribution >= 4 is 0 Å². The summed E-state index contributed by atoms with van der Waals surface area (Å²) in [4.78, 5) is 11.4. The van der Waals surface area contributed by atoms with Gasteiger partial charge in [0.05, 0.1) is 0 Å². The first-order valence-corrected chi connectivity index (χ1v) is 8.82. The van der Waals surface area contributed by atoms with Gasteiger partial charge in [-0.15, -0.1) is 0 Å². The van der Waals surface area contributed by atoms with Crippen LogP contribution in [0.5, 0.6) is 0 Å². The van der Waals surface area contributed by atoms with Crippen molar-refractivity contribution in [3.05, 3.63) is 0 Å². The van der Waals surface area contributed by atoms with Crippen LogP contribution >= 0.6 is 0 Å². The van der Waals surface area contributed by atoms with Gasteiger partial charge in [-0.25, -0.2) is 0 Å². The maximum atomic E-state index is 5.70. The molecule has 1 aliphatic rings. The predicted molar refractivity (Wildman–Crippen MR) is 94.3 cm³/mol. The third-order valence-corrected chi connectivity index (χ3v) is 5.65. The molecule has 132 valence electrons. The number of rotatable bonds is 4. The molecule has 1 rings (SSSR count). The van der Waals surface area contributed by atoms with Crippen LogP contribution in [0.15, 0.2) is 0 Å². The van der Waals surface area contributed by atoms with Crippen molar-refractivity contribution in [2.75, 3.05) is 0 Å². The Labute approximate surface area is 139 Å². The average molecular weight is 313 g/mol. The Morgan fingerprint density at radius 1 is 0.727 bits per heavy atom. The van der Waals surface area contributed by atoms with Gasteiger partial charge in [-0.05, 0) is 28.6 Å². The Morgan fingerprint density at radius 3 is 1.36 bits per heavy atom. The molecule has 1 heterocycles. The molecular weight excluding hydrogens is 272 g/mol. The molecule has 0 aromatic heterocycles. The Kier molecular flexibility index (Phi) is 4.97. The van der Waals surface area contributed by atoms with E-state index in [0.717, 1.165) is 0 Å². The minimum atomic E-state index is -0.466. The maximum absolute atomic E-state index is 5.70. The van der Waals surface area contributed by atoms with Crippen LogP contribution in [0.3, 0.4) is 0 Å². The Hall–Kier alpha value is -0.0800. The summed E-state index contributed by atoms with van der Waals surface area (Å²) in [5.41, 5.74) is 0.534. The summed E-state index contributed by atoms with van der Waals surface area (Å²) in [7, 11) is 0. The van der Waals surface area contributed by atoms with Crippen molar-refractivity contribution < 1.29 is 9.78 Å². The highest BCUT2D eigenvalue weighted by Gasteiger charge is 2.69. The first-order chi connectivity index (χ1) is 9.45. The first kappa shape index (κ1) is 20.0. The lowest BCUT2D eigenvalue weighted by Crippen LogP contribution is -2.51. The van der Waals surface area contributed by atoms with Gasteiger partial charge in [0.25, 0.3) is 0 Å². The molecule has 0 bridgehead atoms. The van der Waals surface area contributed by atoms with Gasteiger partial charge in [-0.2, -0.15) is 9.78 Å². The lowest BCUT2D eigenvalue weighted by molar-refractivity contribution is -0.0642. The molecule has 0 amide bonds. The zero-order valence-corrected chi connectivity index (χ0v) is 17.2. The van der Waals surface area contributed by atoms with Crippen LogP contribution in [0.4, 0.5) is 0 Å². The highest BCUT2D eigenvalue weighted by Crippen LogP contribution is 2.62. The highest BCUT2D eigenvalue weighted by atomic mass is 17.4. The lowest BCUT2D eigenvalue weighted by atomic mass is 9.55. The molecule has 0 aliphatic carbocycles. The van der Waals surface area contributed by atoms with E-state index in [1.165, 1.54) is 6.42 Å². The van der Waals surface area contributed by atoms with Gasteiger partial charge in [0.15, 0.2) is 0 Å². The SMILES string of the molecule is CC(CC(C)(C)C(C(C)(C)C)C1(C(C)(C)C)OO1)C(C)(C)C. The van der Waals surface area contributed by atoms with Crippen molar-refractivity contribution in [1.82, 2.24) is 0 Å². The summed E-state index contributed by atoms with van der Waals surface area (Å²) >= 11 is 0. The third-order valence-electron chi connectivity index (χ3n) is 5.65. The molecule has 0 radical (unpaired) electrons. The molecular formula is C20H40O2. The van der Waals surface area contributed by atoms with E-state index < -0.39 is 5.79 Å². The summed E-state index contributed by atoms with van der Waals surface area (Å²) in [5, 5.41) is 0. The number of hydrogen-bond donors (Lipinski definition) is 0. The maximum Gasteiger partial charge on any atom is 0.242 e. The van der Waals surface area contributed by atoms with E-state index in [0.29, 0.717) is 17.3 Å². The van der Waals surface area contributed by atoms with Crippen LogP contribution in [0.1, 0.15) is 89.5 Å². The van der Waals surface area contributed by atoms with Crippen LogP contribution in [0.2, 0.25) is 0 Å². The fourth-order valence-corrected chi connectivity index (χ4v) is 4.29. The van der Waals surface area contributed by atoms with E-state index in [-0.39, 0.29) is 16.2 Å². The number of hydrogen-bond acceptors (Lipinski definition) is 2. The van der Waals surface area contributed by atoms with E-state index in [4.69, 9.17) is 9.78 Å². The van der Waals surface area contributed by atoms with E-state index in [1.807, 2.05) is 0 Å². The van der Waals surface area contributed by atoms with E-state index >= 15 is 0 Å². The van der Waals surface area contributed by atoms with Crippen LogP contribution < -0.4 is 0 Å². The van der Waals surface area contributed by atoms with Crippen molar-refractivity contribution in [2.24, 2.45) is 33.5 Å². The lowest BCUT2D eigenvalue weighted by Gasteiger charge is -2.49. The smallest absolute Gasteiger partial charge is 0.194 e. The zero-order chi connectivity index (χ0) is 17.8. The monoisotopic (exact) mass is 312 g/mol. The van der Waals surface area contributed by atoms with Gasteiger partial charge in [0.1, 0.15) is 0 Å². The van der Waals surface area contributed by atoms with Crippen LogP contribution in [-0.2, 0) is 9.78 Å². The third kappa shape index (κ3) is 3.87. The topological polar surface area (TPSA) is 25.1 Å². The minimum absolute atomic E-state index is 0.0345. The van der Waals surface area contributed by atoms with Gasteiger partial charge in [0, 0.05) is 11.3 Å². The fraction of sp³-hybridized carbons (Fsp3) is 1.00. The summed E-state index contributed by atoms with van der Waals surface area (Å²) in [6.45, 7) is 27.8. The summed E-state index contributed by atoms with van der Waals surface area (Å²) < 4.78 is 0. The fourth-order valence-electron chi connectivity index (χ4n) is 4.29. The molecule has 0 spiro atoms. The molecule has 2 nitrogen and oxygen atoms in total. The van der Waals surface area contributed by atoms with Crippen molar-refractivity contribution in [1.29, 1.82) is 0 Å². The minimum Gasteiger partial charge on any atom is -0.194 e. The van der Waals surface area contributed by atoms with Crippen molar-refractivity contribution in [3.8, 4) is 0 Å². The Morgan fingerprint density at radius 2 is 1.14 bits per heavy atom. The van der Waals surface area contributed by atoms with Crippen molar-refractivity contribution in [2.45, 2.75) is 95.3 Å². The second kappa shape index (κ2) is 5.48. The summed E-state index contributed by atoms with van der Waals surface area (Å²) in [6, 6.07) is 0. The molecule has 22 heavy (non-hydrogen) atoms. The van der Waals surface area contributed by atoms with Gasteiger partial charge < -0.3 is 0 Å². The van der Waals surface area contributed by atoms with Crippen LogP contribution in [-0.4, -0.2) is 5.79 Å². The Bertz CT molecular complexity index is 383. The molecule has 0 saturated carbocycles. The van der Waals surface area contributed by atoms with E-state index in [9.17, 15) is 0 Å². The zero-order valence-electron chi connectivity index (χ0n) is 17.2. The summed E-state index contributed by atoms with van der Waals surface area (Å²) in [5.74, 6) is 0.507. The summed E-state index contributed by atoms with van der Waals surface area (Å²) in [6.07, 6.45) is 1.17. The average Bonchev–Trinajstić information content (AvgIpc) is 2.92. The normalized spacial score (nSPS) is 22.4. The predicted octanol–water partition coefficient (Wildman–Crippen LogP) is 6.45. The van der Waals surface area contributed by atoms with Crippen molar-refractivity contribution in [3.63, 3.8) is 0 Å². The molecule has 2 atom stereocenters. The van der Waals surface area contributed by atoms with Crippen LogP contribution in [0.25, 0.3) is 0 Å². The van der Waals surface area contributed by atoms with E-state index in [1.54, 1.807) is 0 Å². The van der Waals surface area contributed by atoms with Gasteiger partial charge >= 0.3 is 0 Å². The van der Waals surface area contributed by atoms with E-state index in [2.05, 4.69) is 83.1 Å². The second-order valence-electron chi connectivity index (χ2n) is 11.3. The van der Waals surface area contributed by atoms with Crippen LogP contribution in [0, 0.1) is 33.5 Å². The second-order valence-corrected chi connectivity index (χ2v) is 11.3. The molecule has 1 aliphatic heterocycles. The van der Waals surface area contributed by atoms with Gasteiger partial charge in [-0.3, -0.25) is 0 Å².